The van der Waals surface area contributed by atoms with Gasteiger partial charge in [0, 0.05) is 6.54 Å². The molecule has 3 atom stereocenters. The number of amides is 1. The quantitative estimate of drug-likeness (QED) is 0.179. The van der Waals surface area contributed by atoms with Crippen LogP contribution in [0.3, 0.4) is 0 Å². The van der Waals surface area contributed by atoms with Crippen molar-refractivity contribution in [2.45, 2.75) is 50.7 Å². The van der Waals surface area contributed by atoms with Crippen molar-refractivity contribution in [1.29, 1.82) is 5.41 Å². The Kier molecular flexibility index (Phi) is 9.32. The Morgan fingerprint density at radius 2 is 1.81 bits per heavy atom. The monoisotopic (exact) mass is 362 g/mol. The number of carbonyl (C=O) groups excluding carboxylic acids is 2. The van der Waals surface area contributed by atoms with Gasteiger partial charge in [0.1, 0.15) is 0 Å². The maximum Gasteiger partial charge on any atom is 0.237 e. The Hall–Kier alpha value is -2.45. The molecule has 0 heterocycles. The van der Waals surface area contributed by atoms with E-state index in [1.807, 2.05) is 37.3 Å². The molecule has 0 aliphatic carbocycles. The Morgan fingerprint density at radius 1 is 1.15 bits per heavy atom. The molecule has 0 fully saturated rings. The molecule has 26 heavy (non-hydrogen) atoms. The van der Waals surface area contributed by atoms with Crippen LogP contribution < -0.4 is 27.8 Å². The van der Waals surface area contributed by atoms with Crippen molar-refractivity contribution >= 4 is 17.6 Å². The summed E-state index contributed by atoms with van der Waals surface area (Å²) in [6.45, 7) is 2.26. The molecule has 8 heteroatoms. The summed E-state index contributed by atoms with van der Waals surface area (Å²) >= 11 is 0. The van der Waals surface area contributed by atoms with Crippen LogP contribution in [0.2, 0.25) is 0 Å². The van der Waals surface area contributed by atoms with Crippen LogP contribution in [0, 0.1) is 5.41 Å². The molecule has 0 aromatic heterocycles. The molecular weight excluding hydrogens is 332 g/mol. The fourth-order valence-corrected chi connectivity index (χ4v) is 2.51. The number of benzene rings is 1. The molecule has 8 nitrogen and oxygen atoms in total. The number of hydrogen-bond donors (Lipinski definition) is 6. The van der Waals surface area contributed by atoms with Crippen molar-refractivity contribution in [3.8, 4) is 0 Å². The molecule has 1 amide bonds. The second kappa shape index (κ2) is 11.2. The van der Waals surface area contributed by atoms with E-state index in [1.54, 1.807) is 0 Å². The molecule has 1 aromatic rings. The third kappa shape index (κ3) is 7.62. The molecule has 0 radical (unpaired) electrons. The number of guanidine groups is 1. The molecule has 3 unspecified atom stereocenters. The zero-order chi connectivity index (χ0) is 19.5. The molecule has 9 N–H and O–H groups in total. The molecule has 0 saturated heterocycles. The van der Waals surface area contributed by atoms with Gasteiger partial charge in [-0.15, -0.1) is 0 Å². The van der Waals surface area contributed by atoms with E-state index >= 15 is 0 Å². The van der Waals surface area contributed by atoms with Crippen molar-refractivity contribution in [3.63, 3.8) is 0 Å². The van der Waals surface area contributed by atoms with Gasteiger partial charge in [-0.05, 0) is 31.2 Å². The van der Waals surface area contributed by atoms with E-state index in [1.165, 1.54) is 0 Å². The topological polar surface area (TPSA) is 160 Å². The van der Waals surface area contributed by atoms with E-state index in [-0.39, 0.29) is 17.6 Å². The highest BCUT2D eigenvalue weighted by Gasteiger charge is 2.26. The normalized spacial score (nSPS) is 14.1. The molecular formula is C18H30N6O2. The average molecular weight is 362 g/mol. The third-order valence-electron chi connectivity index (χ3n) is 4.09. The SMILES string of the molecule is CCC(N)C(=O)C(CCCNC(=N)N)NC(=O)C(N)Cc1ccccc1. The first-order valence-corrected chi connectivity index (χ1v) is 8.82. The summed E-state index contributed by atoms with van der Waals surface area (Å²) in [6, 6.07) is 7.38. The molecule has 0 bridgehead atoms. The van der Waals surface area contributed by atoms with Crippen LogP contribution in [0.1, 0.15) is 31.7 Å². The van der Waals surface area contributed by atoms with Gasteiger partial charge in [-0.25, -0.2) is 0 Å². The fourth-order valence-electron chi connectivity index (χ4n) is 2.51. The van der Waals surface area contributed by atoms with Crippen LogP contribution >= 0.6 is 0 Å². The van der Waals surface area contributed by atoms with Crippen LogP contribution in [-0.4, -0.2) is 42.3 Å². The number of nitrogens with one attached hydrogen (secondary N) is 3. The lowest BCUT2D eigenvalue weighted by Gasteiger charge is -2.22. The Balaban J connectivity index is 2.65. The molecule has 0 spiro atoms. The Labute approximate surface area is 154 Å². The summed E-state index contributed by atoms with van der Waals surface area (Å²) in [7, 11) is 0. The summed E-state index contributed by atoms with van der Waals surface area (Å²) in [5.41, 5.74) is 18.0. The van der Waals surface area contributed by atoms with Crippen molar-refractivity contribution in [3.05, 3.63) is 35.9 Å². The van der Waals surface area contributed by atoms with Gasteiger partial charge in [-0.1, -0.05) is 37.3 Å². The first-order chi connectivity index (χ1) is 12.3. The number of rotatable bonds is 11. The molecule has 0 saturated carbocycles. The largest absolute Gasteiger partial charge is 0.370 e. The maximum atomic E-state index is 12.5. The average Bonchev–Trinajstić information content (AvgIpc) is 2.63. The maximum absolute atomic E-state index is 12.5. The smallest absolute Gasteiger partial charge is 0.237 e. The number of nitrogens with two attached hydrogens (primary N) is 3. The van der Waals surface area contributed by atoms with Crippen LogP contribution in [0.25, 0.3) is 0 Å². The molecule has 1 rings (SSSR count). The van der Waals surface area contributed by atoms with E-state index in [4.69, 9.17) is 22.6 Å². The first kappa shape index (κ1) is 21.6. The zero-order valence-corrected chi connectivity index (χ0v) is 15.2. The lowest BCUT2D eigenvalue weighted by atomic mass is 9.98. The number of hydrogen-bond acceptors (Lipinski definition) is 5. The predicted octanol–water partition coefficient (Wildman–Crippen LogP) is -0.389. The lowest BCUT2D eigenvalue weighted by molar-refractivity contribution is -0.129. The van der Waals surface area contributed by atoms with Gasteiger partial charge in [0.25, 0.3) is 0 Å². The van der Waals surface area contributed by atoms with Gasteiger partial charge in [-0.3, -0.25) is 15.0 Å². The summed E-state index contributed by atoms with van der Waals surface area (Å²) in [6.07, 6.45) is 1.84. The standard InChI is InChI=1S/C18H30N6O2/c1-2-13(19)16(25)15(9-6-10-23-18(21)22)24-17(26)14(20)11-12-7-4-3-5-8-12/h3-5,7-8,13-15H,2,6,9-11,19-20H2,1H3,(H,24,26)(H4,21,22,23). The third-order valence-corrected chi connectivity index (χ3v) is 4.09. The van der Waals surface area contributed by atoms with Crippen molar-refractivity contribution in [2.75, 3.05) is 6.54 Å². The van der Waals surface area contributed by atoms with Gasteiger partial charge < -0.3 is 27.8 Å². The highest BCUT2D eigenvalue weighted by atomic mass is 16.2. The molecule has 144 valence electrons. The molecule has 0 aliphatic heterocycles. The van der Waals surface area contributed by atoms with E-state index in [0.29, 0.717) is 32.2 Å². The summed E-state index contributed by atoms with van der Waals surface area (Å²) in [5.74, 6) is -0.724. The number of ketones is 1. The summed E-state index contributed by atoms with van der Waals surface area (Å²) < 4.78 is 0. The van der Waals surface area contributed by atoms with Crippen LogP contribution in [0.15, 0.2) is 30.3 Å². The van der Waals surface area contributed by atoms with E-state index in [9.17, 15) is 9.59 Å². The lowest BCUT2D eigenvalue weighted by Crippen LogP contribution is -2.52. The minimum absolute atomic E-state index is 0.132. The Morgan fingerprint density at radius 3 is 2.38 bits per heavy atom. The van der Waals surface area contributed by atoms with E-state index in [0.717, 1.165) is 5.56 Å². The minimum Gasteiger partial charge on any atom is -0.370 e. The predicted molar refractivity (Wildman–Crippen MR) is 102 cm³/mol. The zero-order valence-electron chi connectivity index (χ0n) is 15.2. The van der Waals surface area contributed by atoms with E-state index < -0.39 is 18.1 Å². The highest BCUT2D eigenvalue weighted by Crippen LogP contribution is 2.06. The van der Waals surface area contributed by atoms with Crippen LogP contribution in [0.4, 0.5) is 0 Å². The van der Waals surface area contributed by atoms with E-state index in [2.05, 4.69) is 10.6 Å². The van der Waals surface area contributed by atoms with Crippen molar-refractivity contribution in [2.24, 2.45) is 17.2 Å². The minimum atomic E-state index is -0.749. The van der Waals surface area contributed by atoms with Gasteiger partial charge in [-0.2, -0.15) is 0 Å². The summed E-state index contributed by atoms with van der Waals surface area (Å²) in [4.78, 5) is 24.9. The molecule has 1 aromatic carbocycles. The van der Waals surface area contributed by atoms with Crippen molar-refractivity contribution in [1.82, 2.24) is 10.6 Å². The van der Waals surface area contributed by atoms with Crippen molar-refractivity contribution < 1.29 is 9.59 Å². The van der Waals surface area contributed by atoms with Gasteiger partial charge in [0.2, 0.25) is 5.91 Å². The number of Topliss-reactive ketones (excluding diaryl/α,β-unsaturated/α-hetero) is 1. The summed E-state index contributed by atoms with van der Waals surface area (Å²) in [5, 5.41) is 12.5. The van der Waals surface area contributed by atoms with Gasteiger partial charge in [0.15, 0.2) is 11.7 Å². The van der Waals surface area contributed by atoms with Gasteiger partial charge in [0.05, 0.1) is 18.1 Å². The second-order valence-electron chi connectivity index (χ2n) is 6.26. The number of carbonyl (C=O) groups is 2. The Bertz CT molecular complexity index is 593. The second-order valence-corrected chi connectivity index (χ2v) is 6.26. The fraction of sp³-hybridized carbons (Fsp3) is 0.500. The highest BCUT2D eigenvalue weighted by molar-refractivity contribution is 5.93. The van der Waals surface area contributed by atoms with Gasteiger partial charge >= 0.3 is 0 Å². The van der Waals surface area contributed by atoms with Crippen LogP contribution in [-0.2, 0) is 16.0 Å². The first-order valence-electron chi connectivity index (χ1n) is 8.82. The molecule has 0 aliphatic rings. The van der Waals surface area contributed by atoms with Crippen LogP contribution in [0.5, 0.6) is 0 Å².